The number of benzene rings is 2. The molecule has 0 spiro atoms. The average Bonchev–Trinajstić information content (AvgIpc) is 3.29. The molecule has 0 bridgehead atoms. The van der Waals surface area contributed by atoms with Gasteiger partial charge in [0.15, 0.2) is 0 Å². The lowest BCUT2D eigenvalue weighted by Gasteiger charge is -2.18. The SMILES string of the molecule is CCN(CC)CCNC(=O)c1ccc(-c2ccc3cnc(-c4cccc(C(F)(F)F)c4)n3c2)c(C)c1. The number of fused-ring (bicyclic) bond motifs is 1. The lowest BCUT2D eigenvalue weighted by molar-refractivity contribution is -0.137. The molecule has 0 radical (unpaired) electrons. The Hall–Kier alpha value is -3.65. The van der Waals surface area contributed by atoms with Crippen molar-refractivity contribution in [3.05, 3.63) is 83.7 Å². The minimum atomic E-state index is -4.43. The highest BCUT2D eigenvalue weighted by atomic mass is 19.4. The van der Waals surface area contributed by atoms with E-state index in [1.54, 1.807) is 22.7 Å². The fourth-order valence-electron chi connectivity index (χ4n) is 4.30. The van der Waals surface area contributed by atoms with Crippen LogP contribution in [0, 0.1) is 6.92 Å². The number of carbonyl (C=O) groups is 1. The number of likely N-dealkylation sites (N-methyl/N-ethyl adjacent to an activating group) is 1. The average molecular weight is 495 g/mol. The van der Waals surface area contributed by atoms with Crippen molar-refractivity contribution >= 4 is 11.4 Å². The number of pyridine rings is 1. The third-order valence-electron chi connectivity index (χ3n) is 6.38. The molecule has 4 rings (SSSR count). The zero-order valence-electron chi connectivity index (χ0n) is 20.6. The lowest BCUT2D eigenvalue weighted by atomic mass is 9.99. The van der Waals surface area contributed by atoms with Crippen molar-refractivity contribution in [1.29, 1.82) is 0 Å². The number of nitrogens with one attached hydrogen (secondary N) is 1. The Morgan fingerprint density at radius 2 is 1.81 bits per heavy atom. The molecule has 0 atom stereocenters. The standard InChI is InChI=1S/C28H29F3N4O/c1-4-34(5-2)14-13-32-27(36)21-10-12-25(19(3)15-21)22-9-11-24-17-33-26(35(24)18-22)20-7-6-8-23(16-20)28(29,30)31/h6-12,15-18H,4-5,13-14H2,1-3H3,(H,32,36). The second-order valence-corrected chi connectivity index (χ2v) is 8.69. The molecule has 5 nitrogen and oxygen atoms in total. The van der Waals surface area contributed by atoms with Gasteiger partial charge in [-0.2, -0.15) is 13.2 Å². The normalized spacial score (nSPS) is 11.9. The first-order valence-corrected chi connectivity index (χ1v) is 12.0. The number of halogens is 3. The van der Waals surface area contributed by atoms with Crippen LogP contribution in [0.5, 0.6) is 0 Å². The molecule has 0 unspecified atom stereocenters. The molecule has 2 aromatic heterocycles. The molecule has 1 amide bonds. The Kier molecular flexibility index (Phi) is 7.45. The summed E-state index contributed by atoms with van der Waals surface area (Å²) in [6.07, 6.45) is -0.924. The van der Waals surface area contributed by atoms with Gasteiger partial charge in [-0.25, -0.2) is 4.98 Å². The molecule has 2 heterocycles. The van der Waals surface area contributed by atoms with Crippen LogP contribution in [0.4, 0.5) is 13.2 Å². The maximum absolute atomic E-state index is 13.2. The third kappa shape index (κ3) is 5.44. The Balaban J connectivity index is 1.59. The van der Waals surface area contributed by atoms with Crippen LogP contribution in [0.2, 0.25) is 0 Å². The van der Waals surface area contributed by atoms with Gasteiger partial charge in [0.25, 0.3) is 5.91 Å². The first kappa shape index (κ1) is 25.4. The van der Waals surface area contributed by atoms with Crippen molar-refractivity contribution in [1.82, 2.24) is 19.6 Å². The van der Waals surface area contributed by atoms with Gasteiger partial charge in [-0.1, -0.05) is 38.1 Å². The molecule has 0 aliphatic carbocycles. The molecular weight excluding hydrogens is 465 g/mol. The minimum absolute atomic E-state index is 0.117. The van der Waals surface area contributed by atoms with Gasteiger partial charge in [0.05, 0.1) is 17.3 Å². The molecule has 0 aliphatic rings. The molecule has 4 aromatic rings. The zero-order chi connectivity index (χ0) is 25.9. The van der Waals surface area contributed by atoms with Crippen molar-refractivity contribution in [2.45, 2.75) is 26.9 Å². The first-order valence-electron chi connectivity index (χ1n) is 12.0. The van der Waals surface area contributed by atoms with Crippen molar-refractivity contribution < 1.29 is 18.0 Å². The molecular formula is C28H29F3N4O. The van der Waals surface area contributed by atoms with Gasteiger partial charge in [-0.15, -0.1) is 0 Å². The maximum Gasteiger partial charge on any atom is 0.416 e. The first-order chi connectivity index (χ1) is 17.2. The largest absolute Gasteiger partial charge is 0.416 e. The number of alkyl halides is 3. The number of nitrogens with zero attached hydrogens (tertiary/aromatic N) is 3. The number of carbonyl (C=O) groups excluding carboxylic acids is 1. The van der Waals surface area contributed by atoms with Gasteiger partial charge in [0.2, 0.25) is 0 Å². The van der Waals surface area contributed by atoms with E-state index in [1.807, 2.05) is 37.4 Å². The summed E-state index contributed by atoms with van der Waals surface area (Å²) in [5.74, 6) is 0.313. The van der Waals surface area contributed by atoms with E-state index in [0.717, 1.165) is 54.0 Å². The van der Waals surface area contributed by atoms with E-state index in [4.69, 9.17) is 0 Å². The smallest absolute Gasteiger partial charge is 0.351 e. The topological polar surface area (TPSA) is 49.6 Å². The van der Waals surface area contributed by atoms with Crippen molar-refractivity contribution in [3.63, 3.8) is 0 Å². The minimum Gasteiger partial charge on any atom is -0.351 e. The summed E-state index contributed by atoms with van der Waals surface area (Å²) in [6, 6.07) is 14.5. The highest BCUT2D eigenvalue weighted by Gasteiger charge is 2.30. The van der Waals surface area contributed by atoms with E-state index in [0.29, 0.717) is 23.5 Å². The quantitative estimate of drug-likeness (QED) is 0.324. The van der Waals surface area contributed by atoms with E-state index in [-0.39, 0.29) is 5.91 Å². The summed E-state index contributed by atoms with van der Waals surface area (Å²) in [5, 5.41) is 2.97. The van der Waals surface area contributed by atoms with Crippen molar-refractivity contribution in [2.75, 3.05) is 26.2 Å². The van der Waals surface area contributed by atoms with Crippen LogP contribution in [-0.2, 0) is 6.18 Å². The third-order valence-corrected chi connectivity index (χ3v) is 6.38. The second kappa shape index (κ2) is 10.5. The van der Waals surface area contributed by atoms with Crippen LogP contribution < -0.4 is 5.32 Å². The fraction of sp³-hybridized carbons (Fsp3) is 0.286. The summed E-state index contributed by atoms with van der Waals surface area (Å²) in [7, 11) is 0. The van der Waals surface area contributed by atoms with Crippen LogP contribution in [0.3, 0.4) is 0 Å². The number of amides is 1. The lowest BCUT2D eigenvalue weighted by Crippen LogP contribution is -2.34. The highest BCUT2D eigenvalue weighted by Crippen LogP contribution is 2.33. The van der Waals surface area contributed by atoms with E-state index in [9.17, 15) is 18.0 Å². The number of hydrogen-bond donors (Lipinski definition) is 1. The van der Waals surface area contributed by atoms with Gasteiger partial charge in [-0.3, -0.25) is 9.20 Å². The van der Waals surface area contributed by atoms with E-state index < -0.39 is 11.7 Å². The van der Waals surface area contributed by atoms with Crippen LogP contribution >= 0.6 is 0 Å². The number of rotatable bonds is 8. The summed E-state index contributed by atoms with van der Waals surface area (Å²) < 4.78 is 41.5. The van der Waals surface area contributed by atoms with E-state index in [2.05, 4.69) is 29.0 Å². The molecule has 0 saturated carbocycles. The van der Waals surface area contributed by atoms with Crippen LogP contribution in [0.25, 0.3) is 28.0 Å². The highest BCUT2D eigenvalue weighted by molar-refractivity contribution is 5.95. The Morgan fingerprint density at radius 3 is 2.50 bits per heavy atom. The summed E-state index contributed by atoms with van der Waals surface area (Å²) in [4.78, 5) is 19.2. The van der Waals surface area contributed by atoms with E-state index in [1.165, 1.54) is 6.07 Å². The van der Waals surface area contributed by atoms with Gasteiger partial charge in [0, 0.05) is 30.4 Å². The maximum atomic E-state index is 13.2. The fourth-order valence-corrected chi connectivity index (χ4v) is 4.30. The summed E-state index contributed by atoms with van der Waals surface area (Å²) in [5.41, 5.74) is 3.76. The number of aromatic nitrogens is 2. The number of hydrogen-bond acceptors (Lipinski definition) is 3. The number of imidazole rings is 1. The Bertz CT molecular complexity index is 1370. The predicted octanol–water partition coefficient (Wildman–Crippen LogP) is 6.07. The monoisotopic (exact) mass is 494 g/mol. The molecule has 36 heavy (non-hydrogen) atoms. The molecule has 1 N–H and O–H groups in total. The Morgan fingerprint density at radius 1 is 1.03 bits per heavy atom. The predicted molar refractivity (Wildman–Crippen MR) is 136 cm³/mol. The van der Waals surface area contributed by atoms with Crippen molar-refractivity contribution in [2.24, 2.45) is 0 Å². The molecule has 0 fully saturated rings. The van der Waals surface area contributed by atoms with Crippen molar-refractivity contribution in [3.8, 4) is 22.5 Å². The Labute approximate surface area is 208 Å². The molecule has 0 aliphatic heterocycles. The molecule has 0 saturated heterocycles. The molecule has 8 heteroatoms. The van der Waals surface area contributed by atoms with Crippen LogP contribution in [-0.4, -0.2) is 46.4 Å². The van der Waals surface area contributed by atoms with Gasteiger partial charge in [0.1, 0.15) is 5.82 Å². The second-order valence-electron chi connectivity index (χ2n) is 8.69. The van der Waals surface area contributed by atoms with E-state index >= 15 is 0 Å². The zero-order valence-corrected chi connectivity index (χ0v) is 20.6. The van der Waals surface area contributed by atoms with Gasteiger partial charge in [-0.05, 0) is 67.0 Å². The summed E-state index contributed by atoms with van der Waals surface area (Å²) in [6.45, 7) is 9.39. The molecule has 188 valence electrons. The molecule has 2 aromatic carbocycles. The van der Waals surface area contributed by atoms with Crippen LogP contribution in [0.1, 0.15) is 35.3 Å². The van der Waals surface area contributed by atoms with Gasteiger partial charge < -0.3 is 10.2 Å². The van der Waals surface area contributed by atoms with Gasteiger partial charge >= 0.3 is 6.18 Å². The summed E-state index contributed by atoms with van der Waals surface area (Å²) >= 11 is 0. The van der Waals surface area contributed by atoms with Crippen LogP contribution in [0.15, 0.2) is 67.0 Å². The number of aryl methyl sites for hydroxylation is 1.